The maximum atomic E-state index is 12.4. The fourth-order valence-corrected chi connectivity index (χ4v) is 2.97. The average molecular weight is 295 g/mol. The fraction of sp³-hybridized carbons (Fsp3) is 0.462. The number of carbonyl (C=O) groups is 2. The number of carboxylic acids is 1. The van der Waals surface area contributed by atoms with Crippen LogP contribution in [0.1, 0.15) is 29.2 Å². The first kappa shape index (κ1) is 14.5. The first-order valence-corrected chi connectivity index (χ1v) is 6.92. The van der Waals surface area contributed by atoms with Crippen molar-refractivity contribution < 1.29 is 14.7 Å². The molecular weight excluding hydrogens is 278 g/mol. The molecule has 0 saturated heterocycles. The molecule has 108 valence electrons. The summed E-state index contributed by atoms with van der Waals surface area (Å²) >= 11 is 1.33. The molecule has 0 atom stereocenters. The molecule has 1 amide bonds. The molecular formula is C13H17N3O3S. The van der Waals surface area contributed by atoms with Crippen molar-refractivity contribution >= 4 is 33.4 Å². The first-order chi connectivity index (χ1) is 9.16. The van der Waals surface area contributed by atoms with Gasteiger partial charge in [0.15, 0.2) is 0 Å². The SMILES string of the molecule is Cc1nn(C)c2sc(C(=O)N(C)C(C)(C)C(=O)O)cc12. The molecule has 2 aromatic heterocycles. The van der Waals surface area contributed by atoms with Crippen LogP contribution in [0.25, 0.3) is 10.2 Å². The van der Waals surface area contributed by atoms with Crippen LogP contribution in [0, 0.1) is 6.92 Å². The van der Waals surface area contributed by atoms with Gasteiger partial charge in [0.2, 0.25) is 0 Å². The maximum absolute atomic E-state index is 12.4. The van der Waals surface area contributed by atoms with Crippen molar-refractivity contribution in [2.75, 3.05) is 7.05 Å². The Bertz CT molecular complexity index is 665. The van der Waals surface area contributed by atoms with Gasteiger partial charge in [0, 0.05) is 19.5 Å². The molecule has 0 saturated carbocycles. The first-order valence-electron chi connectivity index (χ1n) is 6.11. The van der Waals surface area contributed by atoms with Crippen molar-refractivity contribution in [3.63, 3.8) is 0 Å². The zero-order valence-electron chi connectivity index (χ0n) is 12.1. The van der Waals surface area contributed by atoms with Crippen molar-refractivity contribution in [2.45, 2.75) is 26.3 Å². The van der Waals surface area contributed by atoms with Gasteiger partial charge in [-0.25, -0.2) is 4.79 Å². The minimum atomic E-state index is -1.25. The minimum absolute atomic E-state index is 0.294. The molecule has 2 heterocycles. The van der Waals surface area contributed by atoms with Crippen molar-refractivity contribution in [2.24, 2.45) is 7.05 Å². The minimum Gasteiger partial charge on any atom is -0.480 e. The second-order valence-corrected chi connectivity index (χ2v) is 6.30. The van der Waals surface area contributed by atoms with Crippen LogP contribution < -0.4 is 0 Å². The number of thiophene rings is 1. The second-order valence-electron chi connectivity index (χ2n) is 5.27. The van der Waals surface area contributed by atoms with E-state index < -0.39 is 11.5 Å². The van der Waals surface area contributed by atoms with Crippen molar-refractivity contribution in [1.82, 2.24) is 14.7 Å². The average Bonchev–Trinajstić information content (AvgIpc) is 2.90. The Morgan fingerprint density at radius 2 is 2.05 bits per heavy atom. The summed E-state index contributed by atoms with van der Waals surface area (Å²) < 4.78 is 1.73. The summed E-state index contributed by atoms with van der Waals surface area (Å²) in [7, 11) is 3.33. The van der Waals surface area contributed by atoms with Gasteiger partial charge in [0.25, 0.3) is 5.91 Å². The zero-order valence-corrected chi connectivity index (χ0v) is 12.9. The van der Waals surface area contributed by atoms with E-state index in [0.29, 0.717) is 4.88 Å². The molecule has 0 unspecified atom stereocenters. The smallest absolute Gasteiger partial charge is 0.329 e. The number of amides is 1. The van der Waals surface area contributed by atoms with E-state index in [2.05, 4.69) is 5.10 Å². The molecule has 1 N–H and O–H groups in total. The quantitative estimate of drug-likeness (QED) is 0.938. The number of aliphatic carboxylic acids is 1. The van der Waals surface area contributed by atoms with Gasteiger partial charge < -0.3 is 10.0 Å². The molecule has 0 aromatic carbocycles. The Morgan fingerprint density at radius 3 is 2.55 bits per heavy atom. The standard InChI is InChI=1S/C13H17N3O3S/c1-7-8-6-9(20-11(8)16(5)14-7)10(17)15(4)13(2,3)12(18)19/h6H,1-5H3,(H,18,19). The van der Waals surface area contributed by atoms with E-state index in [1.54, 1.807) is 10.7 Å². The van der Waals surface area contributed by atoms with Gasteiger partial charge in [0.05, 0.1) is 10.6 Å². The van der Waals surface area contributed by atoms with Crippen LogP contribution in [-0.4, -0.2) is 44.3 Å². The molecule has 0 fully saturated rings. The number of hydrogen-bond acceptors (Lipinski definition) is 4. The number of aromatic nitrogens is 2. The van der Waals surface area contributed by atoms with Gasteiger partial charge in [0.1, 0.15) is 10.4 Å². The van der Waals surface area contributed by atoms with E-state index in [0.717, 1.165) is 15.9 Å². The summed E-state index contributed by atoms with van der Waals surface area (Å²) in [4.78, 5) is 26.3. The lowest BCUT2D eigenvalue weighted by atomic mass is 10.0. The third-order valence-corrected chi connectivity index (χ3v) is 4.76. The highest BCUT2D eigenvalue weighted by molar-refractivity contribution is 7.20. The molecule has 0 aliphatic carbocycles. The summed E-state index contributed by atoms with van der Waals surface area (Å²) in [6, 6.07) is 1.78. The van der Waals surface area contributed by atoms with Crippen LogP contribution in [0.4, 0.5) is 0 Å². The van der Waals surface area contributed by atoms with Crippen molar-refractivity contribution in [3.8, 4) is 0 Å². The number of fused-ring (bicyclic) bond motifs is 1. The lowest BCUT2D eigenvalue weighted by Crippen LogP contribution is -2.50. The van der Waals surface area contributed by atoms with E-state index in [1.165, 1.54) is 37.1 Å². The third-order valence-electron chi connectivity index (χ3n) is 3.57. The number of aryl methyl sites for hydroxylation is 2. The lowest BCUT2D eigenvalue weighted by molar-refractivity contribution is -0.147. The van der Waals surface area contributed by atoms with E-state index in [4.69, 9.17) is 0 Å². The third kappa shape index (κ3) is 2.07. The summed E-state index contributed by atoms with van der Waals surface area (Å²) in [6.45, 7) is 4.90. The molecule has 0 aliphatic heterocycles. The lowest BCUT2D eigenvalue weighted by Gasteiger charge is -2.31. The van der Waals surface area contributed by atoms with Crippen LogP contribution in [0.15, 0.2) is 6.07 Å². The van der Waals surface area contributed by atoms with Gasteiger partial charge in [-0.2, -0.15) is 5.10 Å². The van der Waals surface area contributed by atoms with E-state index >= 15 is 0 Å². The summed E-state index contributed by atoms with van der Waals surface area (Å²) in [6.07, 6.45) is 0. The predicted octanol–water partition coefficient (Wildman–Crippen LogP) is 1.88. The molecule has 0 radical (unpaired) electrons. The van der Waals surface area contributed by atoms with E-state index in [1.807, 2.05) is 14.0 Å². The highest BCUT2D eigenvalue weighted by Crippen LogP contribution is 2.29. The topological polar surface area (TPSA) is 75.4 Å². The Hall–Kier alpha value is -1.89. The Morgan fingerprint density at radius 1 is 1.45 bits per heavy atom. The number of rotatable bonds is 3. The fourth-order valence-electron chi connectivity index (χ4n) is 1.87. The van der Waals surface area contributed by atoms with Crippen LogP contribution >= 0.6 is 11.3 Å². The molecule has 0 bridgehead atoms. The largest absolute Gasteiger partial charge is 0.480 e. The Balaban J connectivity index is 2.41. The summed E-state index contributed by atoms with van der Waals surface area (Å²) in [5.74, 6) is -1.33. The van der Waals surface area contributed by atoms with Crippen molar-refractivity contribution in [3.05, 3.63) is 16.6 Å². The number of nitrogens with zero attached hydrogens (tertiary/aromatic N) is 3. The number of carboxylic acid groups (broad SMARTS) is 1. The molecule has 20 heavy (non-hydrogen) atoms. The van der Waals surface area contributed by atoms with Gasteiger partial charge >= 0.3 is 5.97 Å². The molecule has 6 nitrogen and oxygen atoms in total. The van der Waals surface area contributed by atoms with Crippen LogP contribution in [0.3, 0.4) is 0 Å². The molecule has 2 aromatic rings. The van der Waals surface area contributed by atoms with Crippen LogP contribution in [-0.2, 0) is 11.8 Å². The molecule has 2 rings (SSSR count). The summed E-state index contributed by atoms with van der Waals surface area (Å²) in [5.41, 5.74) is -0.390. The van der Waals surface area contributed by atoms with Crippen molar-refractivity contribution in [1.29, 1.82) is 0 Å². The molecule has 0 spiro atoms. The summed E-state index contributed by atoms with van der Waals surface area (Å²) in [5, 5.41) is 14.4. The predicted molar refractivity (Wildman–Crippen MR) is 77.1 cm³/mol. The Labute approximate surface area is 120 Å². The molecule has 0 aliphatic rings. The molecule has 7 heteroatoms. The van der Waals surface area contributed by atoms with E-state index in [-0.39, 0.29) is 5.91 Å². The maximum Gasteiger partial charge on any atom is 0.329 e. The highest BCUT2D eigenvalue weighted by Gasteiger charge is 2.36. The van der Waals surface area contributed by atoms with Gasteiger partial charge in [-0.15, -0.1) is 11.3 Å². The van der Waals surface area contributed by atoms with Crippen LogP contribution in [0.5, 0.6) is 0 Å². The van der Waals surface area contributed by atoms with Gasteiger partial charge in [-0.1, -0.05) is 0 Å². The van der Waals surface area contributed by atoms with Crippen LogP contribution in [0.2, 0.25) is 0 Å². The van der Waals surface area contributed by atoms with E-state index in [9.17, 15) is 14.7 Å². The highest BCUT2D eigenvalue weighted by atomic mass is 32.1. The number of carbonyl (C=O) groups excluding carboxylic acids is 1. The normalized spacial score (nSPS) is 11.8. The zero-order chi connectivity index (χ0) is 15.2. The second kappa shape index (κ2) is 4.59. The Kier molecular flexibility index (Phi) is 3.33. The number of hydrogen-bond donors (Lipinski definition) is 1. The monoisotopic (exact) mass is 295 g/mol. The number of likely N-dealkylation sites (N-methyl/N-ethyl adjacent to an activating group) is 1. The van der Waals surface area contributed by atoms with Gasteiger partial charge in [-0.3, -0.25) is 9.48 Å². The van der Waals surface area contributed by atoms with Gasteiger partial charge in [-0.05, 0) is 26.8 Å².